The number of carboxylic acid groups (broad SMARTS) is 1. The average molecular weight is 350 g/mol. The summed E-state index contributed by atoms with van der Waals surface area (Å²) >= 11 is 1.02. The smallest absolute Gasteiger partial charge is 0.326 e. The van der Waals surface area contributed by atoms with Crippen LogP contribution in [0.3, 0.4) is 0 Å². The molecule has 22 heavy (non-hydrogen) atoms. The molecule has 0 bridgehead atoms. The van der Waals surface area contributed by atoms with Crippen LogP contribution in [0.15, 0.2) is 21.7 Å². The molecule has 1 aromatic heterocycles. The molecule has 0 saturated carbocycles. The summed E-state index contributed by atoms with van der Waals surface area (Å²) in [6, 6.07) is 0.753. The molecule has 0 aromatic carbocycles. The lowest BCUT2D eigenvalue weighted by molar-refractivity contribution is -0.142. The van der Waals surface area contributed by atoms with Crippen molar-refractivity contribution in [2.24, 2.45) is 0 Å². The van der Waals surface area contributed by atoms with Crippen LogP contribution in [0.5, 0.6) is 0 Å². The summed E-state index contributed by atoms with van der Waals surface area (Å²) in [6.45, 7) is 1.50. The number of nitrogens with one attached hydrogen (secondary N) is 2. The molecule has 0 radical (unpaired) electrons. The Balaban J connectivity index is 2.66. The molecule has 124 valence electrons. The molecular formula is C12H18N2O6S2. The summed E-state index contributed by atoms with van der Waals surface area (Å²) < 4.78 is 31.0. The number of aliphatic carboxylic acids is 1. The molecule has 10 heteroatoms. The molecule has 2 atom stereocenters. The minimum atomic E-state index is -3.80. The highest BCUT2D eigenvalue weighted by molar-refractivity contribution is 7.91. The number of carbonyl (C=O) groups is 2. The van der Waals surface area contributed by atoms with Gasteiger partial charge in [0.25, 0.3) is 10.0 Å². The third-order valence-corrected chi connectivity index (χ3v) is 5.65. The number of sulfonamides is 1. The number of methoxy groups -OCH3 is 1. The SMILES string of the molecule is COCCC(NC(=O)C(C)NS(=O)(=O)c1cccs1)C(=O)O. The van der Waals surface area contributed by atoms with Gasteiger partial charge in [-0.2, -0.15) is 4.72 Å². The minimum Gasteiger partial charge on any atom is -0.480 e. The van der Waals surface area contributed by atoms with Crippen molar-refractivity contribution in [2.45, 2.75) is 29.6 Å². The van der Waals surface area contributed by atoms with Gasteiger partial charge in [0.15, 0.2) is 0 Å². The maximum atomic E-state index is 12.0. The van der Waals surface area contributed by atoms with Crippen molar-refractivity contribution in [1.82, 2.24) is 10.0 Å². The van der Waals surface area contributed by atoms with Crippen molar-refractivity contribution >= 4 is 33.2 Å². The number of amides is 1. The van der Waals surface area contributed by atoms with E-state index >= 15 is 0 Å². The zero-order valence-corrected chi connectivity index (χ0v) is 13.7. The summed E-state index contributed by atoms with van der Waals surface area (Å²) in [5.41, 5.74) is 0. The fraction of sp³-hybridized carbons (Fsp3) is 0.500. The second kappa shape index (κ2) is 8.22. The zero-order valence-electron chi connectivity index (χ0n) is 12.1. The first-order chi connectivity index (χ1) is 10.3. The number of ether oxygens (including phenoxy) is 1. The molecule has 0 fully saturated rings. The van der Waals surface area contributed by atoms with E-state index < -0.39 is 34.0 Å². The van der Waals surface area contributed by atoms with Crippen LogP contribution in [0.1, 0.15) is 13.3 Å². The van der Waals surface area contributed by atoms with Crippen LogP contribution in [0.25, 0.3) is 0 Å². The van der Waals surface area contributed by atoms with Crippen molar-refractivity contribution in [1.29, 1.82) is 0 Å². The van der Waals surface area contributed by atoms with Crippen LogP contribution >= 0.6 is 11.3 Å². The normalized spacial score (nSPS) is 14.3. The molecule has 1 rings (SSSR count). The molecule has 8 nitrogen and oxygen atoms in total. The lowest BCUT2D eigenvalue weighted by Gasteiger charge is -2.18. The summed E-state index contributed by atoms with van der Waals surface area (Å²) in [4.78, 5) is 23.0. The van der Waals surface area contributed by atoms with Crippen LogP contribution in [0.4, 0.5) is 0 Å². The number of hydrogen-bond donors (Lipinski definition) is 3. The lowest BCUT2D eigenvalue weighted by Crippen LogP contribution is -2.50. The Kier molecular flexibility index (Phi) is 6.94. The molecule has 1 aromatic rings. The summed E-state index contributed by atoms with van der Waals surface area (Å²) in [5, 5.41) is 12.9. The second-order valence-corrected chi connectivity index (χ2v) is 7.34. The van der Waals surface area contributed by atoms with E-state index in [-0.39, 0.29) is 17.2 Å². The fourth-order valence-corrected chi connectivity index (χ4v) is 3.76. The first-order valence-corrected chi connectivity index (χ1v) is 8.72. The van der Waals surface area contributed by atoms with Crippen LogP contribution in [0.2, 0.25) is 0 Å². The van der Waals surface area contributed by atoms with E-state index in [0.29, 0.717) is 0 Å². The molecule has 1 heterocycles. The van der Waals surface area contributed by atoms with Gasteiger partial charge >= 0.3 is 5.97 Å². The van der Waals surface area contributed by atoms with Gasteiger partial charge in [-0.05, 0) is 18.4 Å². The Hall–Kier alpha value is -1.49. The number of carboxylic acids is 1. The third kappa shape index (κ3) is 5.37. The Morgan fingerprint density at radius 1 is 1.45 bits per heavy atom. The molecule has 2 unspecified atom stereocenters. The second-order valence-electron chi connectivity index (χ2n) is 4.46. The molecule has 0 saturated heterocycles. The van der Waals surface area contributed by atoms with Gasteiger partial charge in [-0.15, -0.1) is 11.3 Å². The van der Waals surface area contributed by atoms with Gasteiger partial charge in [0.1, 0.15) is 10.3 Å². The Morgan fingerprint density at radius 2 is 2.14 bits per heavy atom. The minimum absolute atomic E-state index is 0.0846. The van der Waals surface area contributed by atoms with Crippen molar-refractivity contribution in [3.05, 3.63) is 17.5 Å². The van der Waals surface area contributed by atoms with E-state index in [1.807, 2.05) is 0 Å². The topological polar surface area (TPSA) is 122 Å². The Morgan fingerprint density at radius 3 is 2.64 bits per heavy atom. The van der Waals surface area contributed by atoms with Crippen LogP contribution in [0, 0.1) is 0 Å². The summed E-state index contributed by atoms with van der Waals surface area (Å²) in [7, 11) is -2.38. The van der Waals surface area contributed by atoms with Crippen molar-refractivity contribution in [2.75, 3.05) is 13.7 Å². The molecular weight excluding hydrogens is 332 g/mol. The highest BCUT2D eigenvalue weighted by atomic mass is 32.2. The van der Waals surface area contributed by atoms with Gasteiger partial charge in [0.05, 0.1) is 6.04 Å². The average Bonchev–Trinajstić information content (AvgIpc) is 2.97. The van der Waals surface area contributed by atoms with Crippen LogP contribution < -0.4 is 10.0 Å². The van der Waals surface area contributed by atoms with E-state index in [0.717, 1.165) is 11.3 Å². The zero-order chi connectivity index (χ0) is 16.8. The molecule has 0 aliphatic rings. The van der Waals surface area contributed by atoms with Gasteiger partial charge in [-0.1, -0.05) is 6.07 Å². The first kappa shape index (κ1) is 18.6. The Bertz CT molecular complexity index is 599. The monoisotopic (exact) mass is 350 g/mol. The van der Waals surface area contributed by atoms with Crippen LogP contribution in [-0.4, -0.2) is 51.2 Å². The van der Waals surface area contributed by atoms with E-state index in [2.05, 4.69) is 10.0 Å². The van der Waals surface area contributed by atoms with Gasteiger partial charge in [-0.25, -0.2) is 13.2 Å². The van der Waals surface area contributed by atoms with Gasteiger partial charge in [0.2, 0.25) is 5.91 Å². The molecule has 1 amide bonds. The quantitative estimate of drug-likeness (QED) is 0.577. The summed E-state index contributed by atoms with van der Waals surface area (Å²) in [5.74, 6) is -1.93. The highest BCUT2D eigenvalue weighted by Gasteiger charge is 2.26. The summed E-state index contributed by atoms with van der Waals surface area (Å²) in [6.07, 6.45) is 0.0853. The third-order valence-electron chi connectivity index (χ3n) is 2.71. The number of thiophene rings is 1. The van der Waals surface area contributed by atoms with Gasteiger partial charge < -0.3 is 15.2 Å². The van der Waals surface area contributed by atoms with Gasteiger partial charge in [0, 0.05) is 20.1 Å². The molecule has 0 aliphatic heterocycles. The maximum absolute atomic E-state index is 12.0. The standard InChI is InChI=1S/C12H18N2O6S2/c1-8(14-22(18,19)10-4-3-7-21-10)11(15)13-9(12(16)17)5-6-20-2/h3-4,7-9,14H,5-6H2,1-2H3,(H,13,15)(H,16,17). The van der Waals surface area contributed by atoms with Gasteiger partial charge in [-0.3, -0.25) is 4.79 Å². The van der Waals surface area contributed by atoms with E-state index in [4.69, 9.17) is 9.84 Å². The largest absolute Gasteiger partial charge is 0.480 e. The van der Waals surface area contributed by atoms with Crippen molar-refractivity contribution < 1.29 is 27.9 Å². The highest BCUT2D eigenvalue weighted by Crippen LogP contribution is 2.15. The van der Waals surface area contributed by atoms with Crippen molar-refractivity contribution in [3.8, 4) is 0 Å². The number of carbonyl (C=O) groups excluding carboxylic acids is 1. The Labute approximate surface area is 132 Å². The number of rotatable bonds is 9. The number of hydrogen-bond acceptors (Lipinski definition) is 6. The lowest BCUT2D eigenvalue weighted by atomic mass is 10.2. The molecule has 0 aliphatic carbocycles. The van der Waals surface area contributed by atoms with E-state index in [9.17, 15) is 18.0 Å². The predicted molar refractivity (Wildman–Crippen MR) is 80.2 cm³/mol. The maximum Gasteiger partial charge on any atom is 0.326 e. The van der Waals surface area contributed by atoms with E-state index in [1.54, 1.807) is 11.4 Å². The predicted octanol–water partition coefficient (Wildman–Crippen LogP) is 0.0208. The fourth-order valence-electron chi connectivity index (χ4n) is 1.55. The molecule has 3 N–H and O–H groups in total. The molecule has 0 spiro atoms. The van der Waals surface area contributed by atoms with Crippen molar-refractivity contribution in [3.63, 3.8) is 0 Å². The van der Waals surface area contributed by atoms with Crippen LogP contribution in [-0.2, 0) is 24.3 Å². The van der Waals surface area contributed by atoms with E-state index in [1.165, 1.54) is 20.1 Å². The first-order valence-electron chi connectivity index (χ1n) is 6.36.